The highest BCUT2D eigenvalue weighted by atomic mass is 32.2. The van der Waals surface area contributed by atoms with Gasteiger partial charge in [-0.1, -0.05) is 11.8 Å². The number of amides is 1. The highest BCUT2D eigenvalue weighted by Gasteiger charge is 2.16. The van der Waals surface area contributed by atoms with Crippen molar-refractivity contribution in [3.63, 3.8) is 0 Å². The van der Waals surface area contributed by atoms with Crippen LogP contribution in [-0.2, 0) is 4.79 Å². The normalized spacial score (nSPS) is 11.2. The molecule has 6 nitrogen and oxygen atoms in total. The lowest BCUT2D eigenvalue weighted by Crippen LogP contribution is -2.41. The molecule has 0 aliphatic heterocycles. The first kappa shape index (κ1) is 18.2. The van der Waals surface area contributed by atoms with Crippen molar-refractivity contribution < 1.29 is 14.3 Å². The molecule has 0 atom stereocenters. The molecule has 1 aromatic heterocycles. The van der Waals surface area contributed by atoms with Crippen LogP contribution in [0.4, 0.5) is 0 Å². The molecule has 2 rings (SSSR count). The maximum atomic E-state index is 12.0. The van der Waals surface area contributed by atoms with Gasteiger partial charge in [0.25, 0.3) is 0 Å². The van der Waals surface area contributed by atoms with Gasteiger partial charge in [-0.2, -0.15) is 0 Å². The van der Waals surface area contributed by atoms with Gasteiger partial charge in [-0.15, -0.1) is 0 Å². The summed E-state index contributed by atoms with van der Waals surface area (Å²) in [5.41, 5.74) is 0.598. The molecular formula is C17H23N3O3S. The highest BCUT2D eigenvalue weighted by molar-refractivity contribution is 7.99. The van der Waals surface area contributed by atoms with Gasteiger partial charge in [-0.05, 0) is 32.9 Å². The molecule has 0 saturated heterocycles. The summed E-state index contributed by atoms with van der Waals surface area (Å²) in [6.07, 6.45) is 3.54. The second kappa shape index (κ2) is 7.61. The molecule has 1 heterocycles. The SMILES string of the molecule is COc1ccc(-n2ccnc2SCC(=O)NC(C)(C)C)c(OC)c1. The molecule has 1 amide bonds. The summed E-state index contributed by atoms with van der Waals surface area (Å²) in [6, 6.07) is 5.58. The Kier molecular flexibility index (Phi) is 5.77. The van der Waals surface area contributed by atoms with Crippen molar-refractivity contribution in [1.29, 1.82) is 0 Å². The summed E-state index contributed by atoms with van der Waals surface area (Å²) in [7, 11) is 3.22. The average Bonchev–Trinajstić information content (AvgIpc) is 2.98. The number of carbonyl (C=O) groups excluding carboxylic acids is 1. The zero-order valence-corrected chi connectivity index (χ0v) is 15.4. The van der Waals surface area contributed by atoms with E-state index >= 15 is 0 Å². The Labute approximate surface area is 146 Å². The third kappa shape index (κ3) is 4.67. The molecule has 2 aromatic rings. The summed E-state index contributed by atoms with van der Waals surface area (Å²) >= 11 is 1.38. The number of hydrogen-bond donors (Lipinski definition) is 1. The number of methoxy groups -OCH3 is 2. The third-order valence-electron chi connectivity index (χ3n) is 3.10. The van der Waals surface area contributed by atoms with Gasteiger partial charge in [0, 0.05) is 24.0 Å². The Morgan fingerprint density at radius 3 is 2.67 bits per heavy atom. The molecule has 0 aliphatic carbocycles. The molecule has 24 heavy (non-hydrogen) atoms. The van der Waals surface area contributed by atoms with E-state index in [9.17, 15) is 4.79 Å². The lowest BCUT2D eigenvalue weighted by molar-refractivity contribution is -0.119. The van der Waals surface area contributed by atoms with Crippen LogP contribution in [0.25, 0.3) is 5.69 Å². The Morgan fingerprint density at radius 2 is 2.04 bits per heavy atom. The minimum absolute atomic E-state index is 0.0243. The first-order chi connectivity index (χ1) is 11.3. The van der Waals surface area contributed by atoms with E-state index in [1.807, 2.05) is 49.7 Å². The van der Waals surface area contributed by atoms with Crippen LogP contribution >= 0.6 is 11.8 Å². The lowest BCUT2D eigenvalue weighted by Gasteiger charge is -2.20. The van der Waals surface area contributed by atoms with Gasteiger partial charge in [-0.3, -0.25) is 9.36 Å². The summed E-state index contributed by atoms with van der Waals surface area (Å²) in [5.74, 6) is 1.67. The van der Waals surface area contributed by atoms with E-state index in [1.54, 1.807) is 20.4 Å². The Hall–Kier alpha value is -2.15. The minimum Gasteiger partial charge on any atom is -0.497 e. The monoisotopic (exact) mass is 349 g/mol. The number of imidazole rings is 1. The van der Waals surface area contributed by atoms with Crippen molar-refractivity contribution >= 4 is 17.7 Å². The Balaban J connectivity index is 2.17. The summed E-state index contributed by atoms with van der Waals surface area (Å²) in [6.45, 7) is 5.87. The van der Waals surface area contributed by atoms with E-state index in [2.05, 4.69) is 10.3 Å². The number of rotatable bonds is 6. The van der Waals surface area contributed by atoms with E-state index in [4.69, 9.17) is 9.47 Å². The second-order valence-corrected chi connectivity index (χ2v) is 7.15. The fourth-order valence-electron chi connectivity index (χ4n) is 2.15. The first-order valence-corrected chi connectivity index (χ1v) is 8.52. The quantitative estimate of drug-likeness (QED) is 0.813. The van der Waals surface area contributed by atoms with Crippen molar-refractivity contribution in [1.82, 2.24) is 14.9 Å². The molecule has 7 heteroatoms. The smallest absolute Gasteiger partial charge is 0.230 e. The van der Waals surface area contributed by atoms with Crippen molar-refractivity contribution in [2.75, 3.05) is 20.0 Å². The van der Waals surface area contributed by atoms with Crippen LogP contribution in [0.1, 0.15) is 20.8 Å². The topological polar surface area (TPSA) is 65.4 Å². The molecule has 1 aromatic carbocycles. The van der Waals surface area contributed by atoms with Crippen LogP contribution in [-0.4, -0.2) is 41.0 Å². The van der Waals surface area contributed by atoms with E-state index in [0.717, 1.165) is 16.6 Å². The van der Waals surface area contributed by atoms with E-state index in [1.165, 1.54) is 11.8 Å². The van der Waals surface area contributed by atoms with Gasteiger partial charge < -0.3 is 14.8 Å². The summed E-state index contributed by atoms with van der Waals surface area (Å²) in [5, 5.41) is 3.66. The number of hydrogen-bond acceptors (Lipinski definition) is 5. The molecular weight excluding hydrogens is 326 g/mol. The third-order valence-corrected chi connectivity index (χ3v) is 4.07. The predicted octanol–water partition coefficient (Wildman–Crippen LogP) is 2.90. The van der Waals surface area contributed by atoms with Crippen molar-refractivity contribution in [2.45, 2.75) is 31.5 Å². The van der Waals surface area contributed by atoms with Gasteiger partial charge in [-0.25, -0.2) is 4.98 Å². The van der Waals surface area contributed by atoms with Crippen molar-refractivity contribution in [3.8, 4) is 17.2 Å². The van der Waals surface area contributed by atoms with Crippen molar-refractivity contribution in [2.24, 2.45) is 0 Å². The van der Waals surface area contributed by atoms with Crippen LogP contribution in [0.3, 0.4) is 0 Å². The van der Waals surface area contributed by atoms with E-state index < -0.39 is 0 Å². The van der Waals surface area contributed by atoms with E-state index in [0.29, 0.717) is 11.5 Å². The van der Waals surface area contributed by atoms with Gasteiger partial charge in [0.1, 0.15) is 11.5 Å². The molecule has 0 fully saturated rings. The van der Waals surface area contributed by atoms with Crippen LogP contribution in [0.15, 0.2) is 35.7 Å². The number of aromatic nitrogens is 2. The standard InChI is InChI=1S/C17H23N3O3S/c1-17(2,3)19-15(21)11-24-16-18-8-9-20(16)13-7-6-12(22-4)10-14(13)23-5/h6-10H,11H2,1-5H3,(H,19,21). The largest absolute Gasteiger partial charge is 0.497 e. The number of benzene rings is 1. The first-order valence-electron chi connectivity index (χ1n) is 7.53. The molecule has 0 radical (unpaired) electrons. The molecule has 0 aliphatic rings. The van der Waals surface area contributed by atoms with Gasteiger partial charge in [0.2, 0.25) is 5.91 Å². The van der Waals surface area contributed by atoms with Gasteiger partial charge >= 0.3 is 0 Å². The zero-order valence-electron chi connectivity index (χ0n) is 14.6. The summed E-state index contributed by atoms with van der Waals surface area (Å²) in [4.78, 5) is 16.3. The number of nitrogens with one attached hydrogen (secondary N) is 1. The molecule has 0 spiro atoms. The highest BCUT2D eigenvalue weighted by Crippen LogP contribution is 2.30. The molecule has 0 saturated carbocycles. The number of nitrogens with zero attached hydrogens (tertiary/aromatic N) is 2. The van der Waals surface area contributed by atoms with Gasteiger partial charge in [0.05, 0.1) is 25.7 Å². The minimum atomic E-state index is -0.244. The van der Waals surface area contributed by atoms with Crippen LogP contribution in [0.2, 0.25) is 0 Å². The average molecular weight is 349 g/mol. The fraction of sp³-hybridized carbons (Fsp3) is 0.412. The predicted molar refractivity (Wildman–Crippen MR) is 95.3 cm³/mol. The second-order valence-electron chi connectivity index (χ2n) is 6.20. The lowest BCUT2D eigenvalue weighted by atomic mass is 10.1. The maximum absolute atomic E-state index is 12.0. The van der Waals surface area contributed by atoms with Crippen LogP contribution < -0.4 is 14.8 Å². The Bertz CT molecular complexity index is 707. The number of carbonyl (C=O) groups is 1. The molecule has 0 unspecified atom stereocenters. The van der Waals surface area contributed by atoms with Crippen LogP contribution in [0.5, 0.6) is 11.5 Å². The maximum Gasteiger partial charge on any atom is 0.230 e. The van der Waals surface area contributed by atoms with Gasteiger partial charge in [0.15, 0.2) is 5.16 Å². The van der Waals surface area contributed by atoms with E-state index in [-0.39, 0.29) is 11.4 Å². The summed E-state index contributed by atoms with van der Waals surface area (Å²) < 4.78 is 12.6. The molecule has 130 valence electrons. The number of ether oxygens (including phenoxy) is 2. The molecule has 1 N–H and O–H groups in total. The Morgan fingerprint density at radius 1 is 1.29 bits per heavy atom. The fourth-order valence-corrected chi connectivity index (χ4v) is 2.91. The molecule has 0 bridgehead atoms. The zero-order chi connectivity index (χ0) is 17.7. The van der Waals surface area contributed by atoms with Crippen LogP contribution in [0, 0.1) is 0 Å². The number of thioether (sulfide) groups is 1. The van der Waals surface area contributed by atoms with Crippen molar-refractivity contribution in [3.05, 3.63) is 30.6 Å².